The van der Waals surface area contributed by atoms with E-state index in [9.17, 15) is 13.6 Å². The first-order chi connectivity index (χ1) is 8.52. The Hall–Kier alpha value is -1.36. The monoisotopic (exact) mass is 278 g/mol. The van der Waals surface area contributed by atoms with Crippen molar-refractivity contribution in [2.75, 3.05) is 6.61 Å². The first-order valence-corrected chi connectivity index (χ1v) is 5.79. The molecule has 1 aromatic carbocycles. The third-order valence-corrected chi connectivity index (χ3v) is 2.45. The molecule has 0 spiro atoms. The van der Waals surface area contributed by atoms with Gasteiger partial charge in [0.2, 0.25) is 0 Å². The molecule has 100 valence electrons. The normalized spacial score (nSPS) is 10.5. The number of benzene rings is 1. The van der Waals surface area contributed by atoms with Crippen molar-refractivity contribution in [3.63, 3.8) is 0 Å². The molecule has 1 aromatic rings. The highest BCUT2D eigenvalue weighted by molar-refractivity contribution is 6.32. The Morgan fingerprint density at radius 3 is 2.78 bits per heavy atom. The van der Waals surface area contributed by atoms with Crippen molar-refractivity contribution in [3.8, 4) is 5.75 Å². The molecule has 0 fully saturated rings. The van der Waals surface area contributed by atoms with E-state index in [0.717, 1.165) is 0 Å². The van der Waals surface area contributed by atoms with Crippen molar-refractivity contribution in [2.45, 2.75) is 26.4 Å². The van der Waals surface area contributed by atoms with Crippen molar-refractivity contribution in [1.29, 1.82) is 0 Å². The molecule has 18 heavy (non-hydrogen) atoms. The smallest absolute Gasteiger partial charge is 0.387 e. The third-order valence-electron chi connectivity index (χ3n) is 2.13. The zero-order chi connectivity index (χ0) is 13.5. The van der Waals surface area contributed by atoms with Gasteiger partial charge >= 0.3 is 12.6 Å². The minimum atomic E-state index is -2.93. The van der Waals surface area contributed by atoms with Gasteiger partial charge in [0.1, 0.15) is 5.75 Å². The summed E-state index contributed by atoms with van der Waals surface area (Å²) in [6, 6.07) is 4.51. The van der Waals surface area contributed by atoms with E-state index in [0.29, 0.717) is 18.6 Å². The fraction of sp³-hybridized carbons (Fsp3) is 0.417. The molecule has 0 aromatic heterocycles. The summed E-state index contributed by atoms with van der Waals surface area (Å²) in [7, 11) is 0. The number of carbonyl (C=O) groups excluding carboxylic acids is 1. The van der Waals surface area contributed by atoms with Gasteiger partial charge in [-0.25, -0.2) is 0 Å². The van der Waals surface area contributed by atoms with Gasteiger partial charge in [-0.2, -0.15) is 8.78 Å². The first kappa shape index (κ1) is 14.7. The lowest BCUT2D eigenvalue weighted by Crippen LogP contribution is -2.06. The number of rotatable bonds is 6. The van der Waals surface area contributed by atoms with Crippen LogP contribution in [0.15, 0.2) is 18.2 Å². The zero-order valence-corrected chi connectivity index (χ0v) is 10.5. The molecule has 0 unspecified atom stereocenters. The van der Waals surface area contributed by atoms with E-state index in [1.54, 1.807) is 13.0 Å². The number of carbonyl (C=O) groups is 1. The molecule has 3 nitrogen and oxygen atoms in total. The molecule has 0 atom stereocenters. The van der Waals surface area contributed by atoms with E-state index in [2.05, 4.69) is 4.74 Å². The fourth-order valence-electron chi connectivity index (χ4n) is 1.37. The summed E-state index contributed by atoms with van der Waals surface area (Å²) in [5, 5.41) is 0.107. The molecule has 0 aliphatic carbocycles. The standard InChI is InChI=1S/C12H13ClF2O3/c1-2-17-11(16)6-4-8-3-5-9(13)10(7-8)18-12(14)15/h3,5,7,12H,2,4,6H2,1H3. The van der Waals surface area contributed by atoms with E-state index in [4.69, 9.17) is 16.3 Å². The second-order valence-electron chi connectivity index (χ2n) is 3.45. The summed E-state index contributed by atoms with van der Waals surface area (Å²) in [4.78, 5) is 11.1. The first-order valence-electron chi connectivity index (χ1n) is 5.41. The Morgan fingerprint density at radius 2 is 2.17 bits per heavy atom. The van der Waals surface area contributed by atoms with Crippen LogP contribution in [0.2, 0.25) is 5.02 Å². The van der Waals surface area contributed by atoms with Crippen LogP contribution in [0.25, 0.3) is 0 Å². The van der Waals surface area contributed by atoms with Crippen molar-refractivity contribution in [2.24, 2.45) is 0 Å². The number of hydrogen-bond donors (Lipinski definition) is 0. The number of hydrogen-bond acceptors (Lipinski definition) is 3. The van der Waals surface area contributed by atoms with Crippen molar-refractivity contribution in [1.82, 2.24) is 0 Å². The van der Waals surface area contributed by atoms with Crippen LogP contribution in [0.1, 0.15) is 18.9 Å². The molecule has 6 heteroatoms. The minimum Gasteiger partial charge on any atom is -0.466 e. The van der Waals surface area contributed by atoms with Crippen LogP contribution in [0.4, 0.5) is 8.78 Å². The maximum Gasteiger partial charge on any atom is 0.387 e. The van der Waals surface area contributed by atoms with Crippen molar-refractivity contribution >= 4 is 17.6 Å². The molecule has 0 aliphatic heterocycles. The van der Waals surface area contributed by atoms with E-state index >= 15 is 0 Å². The molecule has 1 rings (SSSR count). The lowest BCUT2D eigenvalue weighted by Gasteiger charge is -2.08. The lowest BCUT2D eigenvalue weighted by molar-refractivity contribution is -0.143. The molecule has 0 aliphatic rings. The molecule has 0 heterocycles. The van der Waals surface area contributed by atoms with Gasteiger partial charge in [0, 0.05) is 6.42 Å². The van der Waals surface area contributed by atoms with Gasteiger partial charge in [0.05, 0.1) is 11.6 Å². The van der Waals surface area contributed by atoms with E-state index in [1.807, 2.05) is 0 Å². The third kappa shape index (κ3) is 4.87. The average molecular weight is 279 g/mol. The van der Waals surface area contributed by atoms with Crippen LogP contribution in [0.5, 0.6) is 5.75 Å². The highest BCUT2D eigenvalue weighted by atomic mass is 35.5. The number of alkyl halides is 2. The largest absolute Gasteiger partial charge is 0.466 e. The molecule has 0 N–H and O–H groups in total. The highest BCUT2D eigenvalue weighted by Gasteiger charge is 2.10. The molecule has 0 radical (unpaired) electrons. The molecule has 0 amide bonds. The maximum atomic E-state index is 12.1. The fourth-order valence-corrected chi connectivity index (χ4v) is 1.53. The number of esters is 1. The Morgan fingerprint density at radius 1 is 1.44 bits per heavy atom. The second kappa shape index (κ2) is 7.16. The quantitative estimate of drug-likeness (QED) is 0.748. The minimum absolute atomic E-state index is 0.0898. The van der Waals surface area contributed by atoms with Gasteiger partial charge in [0.25, 0.3) is 0 Å². The topological polar surface area (TPSA) is 35.5 Å². The number of halogens is 3. The summed E-state index contributed by atoms with van der Waals surface area (Å²) < 4.78 is 33.2. The van der Waals surface area contributed by atoms with Gasteiger partial charge in [-0.3, -0.25) is 4.79 Å². The van der Waals surface area contributed by atoms with Crippen LogP contribution >= 0.6 is 11.6 Å². The van der Waals surface area contributed by atoms with Crippen LogP contribution in [-0.4, -0.2) is 19.2 Å². The predicted molar refractivity (Wildman–Crippen MR) is 63.0 cm³/mol. The predicted octanol–water partition coefficient (Wildman–Crippen LogP) is 3.44. The van der Waals surface area contributed by atoms with Crippen LogP contribution in [0, 0.1) is 0 Å². The van der Waals surface area contributed by atoms with Gasteiger partial charge < -0.3 is 9.47 Å². The van der Waals surface area contributed by atoms with Crippen molar-refractivity contribution < 1.29 is 23.0 Å². The Kier molecular flexibility index (Phi) is 5.85. The number of aryl methyl sites for hydroxylation is 1. The van der Waals surface area contributed by atoms with Crippen LogP contribution < -0.4 is 4.74 Å². The van der Waals surface area contributed by atoms with Gasteiger partial charge in [-0.05, 0) is 31.0 Å². The highest BCUT2D eigenvalue weighted by Crippen LogP contribution is 2.27. The summed E-state index contributed by atoms with van der Waals surface area (Å²) in [5.41, 5.74) is 0.683. The van der Waals surface area contributed by atoms with E-state index in [1.165, 1.54) is 12.1 Å². The van der Waals surface area contributed by atoms with E-state index < -0.39 is 6.61 Å². The Bertz CT molecular complexity index is 410. The summed E-state index contributed by atoms with van der Waals surface area (Å²) >= 11 is 5.70. The maximum absolute atomic E-state index is 12.1. The molecule has 0 saturated heterocycles. The SMILES string of the molecule is CCOC(=O)CCc1ccc(Cl)c(OC(F)F)c1. The molecule has 0 saturated carbocycles. The van der Waals surface area contributed by atoms with Gasteiger partial charge in [-0.1, -0.05) is 17.7 Å². The summed E-state index contributed by atoms with van der Waals surface area (Å²) in [6.45, 7) is -0.892. The Balaban J connectivity index is 2.64. The van der Waals surface area contributed by atoms with Gasteiger partial charge in [-0.15, -0.1) is 0 Å². The molecule has 0 bridgehead atoms. The van der Waals surface area contributed by atoms with E-state index in [-0.39, 0.29) is 23.2 Å². The van der Waals surface area contributed by atoms with Gasteiger partial charge in [0.15, 0.2) is 0 Å². The van der Waals surface area contributed by atoms with Crippen LogP contribution in [-0.2, 0) is 16.0 Å². The lowest BCUT2D eigenvalue weighted by atomic mass is 10.1. The molecular weight excluding hydrogens is 266 g/mol. The number of ether oxygens (including phenoxy) is 2. The van der Waals surface area contributed by atoms with Crippen molar-refractivity contribution in [3.05, 3.63) is 28.8 Å². The average Bonchev–Trinajstić information content (AvgIpc) is 2.30. The molecular formula is C12H13ClF2O3. The Labute approximate surface area is 109 Å². The zero-order valence-electron chi connectivity index (χ0n) is 9.79. The summed E-state index contributed by atoms with van der Waals surface area (Å²) in [6.07, 6.45) is 0.569. The summed E-state index contributed by atoms with van der Waals surface area (Å²) in [5.74, 6) is -0.420. The second-order valence-corrected chi connectivity index (χ2v) is 3.86. The van der Waals surface area contributed by atoms with Crippen LogP contribution in [0.3, 0.4) is 0 Å².